The van der Waals surface area contributed by atoms with Crippen LogP contribution in [0.15, 0.2) is 35.0 Å². The zero-order valence-corrected chi connectivity index (χ0v) is 14.7. The molecule has 128 valence electrons. The molecule has 0 bridgehead atoms. The first-order chi connectivity index (χ1) is 11.5. The Hall–Kier alpha value is -2.05. The number of aliphatic hydroxyl groups is 1. The molecule has 0 saturated heterocycles. The molecule has 1 aliphatic rings. The van der Waals surface area contributed by atoms with Gasteiger partial charge in [-0.2, -0.15) is 11.3 Å². The summed E-state index contributed by atoms with van der Waals surface area (Å²) in [6, 6.07) is 7.48. The van der Waals surface area contributed by atoms with Gasteiger partial charge < -0.3 is 20.5 Å². The molecule has 3 rings (SSSR count). The maximum Gasteiger partial charge on any atom is 0.315 e. The van der Waals surface area contributed by atoms with Gasteiger partial charge >= 0.3 is 6.03 Å². The van der Waals surface area contributed by atoms with Gasteiger partial charge in [0, 0.05) is 0 Å². The number of amides is 2. The highest BCUT2D eigenvalue weighted by Gasteiger charge is 2.28. The number of ether oxygens (including phenoxy) is 1. The minimum Gasteiger partial charge on any atom is -0.496 e. The number of urea groups is 1. The van der Waals surface area contributed by atoms with Crippen molar-refractivity contribution in [3.8, 4) is 5.75 Å². The minimum absolute atomic E-state index is 0.0267. The number of thiophene rings is 1. The fourth-order valence-corrected chi connectivity index (χ4v) is 3.88. The van der Waals surface area contributed by atoms with Crippen LogP contribution in [0.3, 0.4) is 0 Å². The third-order valence-corrected chi connectivity index (χ3v) is 5.17. The van der Waals surface area contributed by atoms with Gasteiger partial charge in [0.2, 0.25) is 0 Å². The number of rotatable bonds is 5. The molecule has 1 aromatic heterocycles. The Morgan fingerprint density at radius 1 is 1.46 bits per heavy atom. The van der Waals surface area contributed by atoms with Crippen LogP contribution in [0.4, 0.5) is 4.79 Å². The summed E-state index contributed by atoms with van der Waals surface area (Å²) in [6.07, 6.45) is 1.74. The van der Waals surface area contributed by atoms with Crippen LogP contribution in [0, 0.1) is 0 Å². The number of hydrogen-bond donors (Lipinski definition) is 3. The Labute approximate surface area is 145 Å². The smallest absolute Gasteiger partial charge is 0.315 e. The average molecular weight is 346 g/mol. The first kappa shape index (κ1) is 16.8. The van der Waals surface area contributed by atoms with Crippen LogP contribution >= 0.6 is 11.3 Å². The standard InChI is InChI=1S/C18H22N2O3S/c1-18(22,12-8-9-24-10-12)11-19-17(21)20-15-7-6-14-13(15)4-3-5-16(14)23-2/h3-5,8-10,15,22H,6-7,11H2,1-2H3,(H2,19,20,21)/t15-,18-/m1/s1. The van der Waals surface area contributed by atoms with Crippen molar-refractivity contribution in [2.75, 3.05) is 13.7 Å². The summed E-state index contributed by atoms with van der Waals surface area (Å²) in [4.78, 5) is 12.2. The summed E-state index contributed by atoms with van der Waals surface area (Å²) in [7, 11) is 1.66. The van der Waals surface area contributed by atoms with Gasteiger partial charge in [0.15, 0.2) is 0 Å². The van der Waals surface area contributed by atoms with Crippen molar-refractivity contribution in [2.24, 2.45) is 0 Å². The number of fused-ring (bicyclic) bond motifs is 1. The molecule has 3 N–H and O–H groups in total. The van der Waals surface area contributed by atoms with Crippen LogP contribution in [-0.4, -0.2) is 24.8 Å². The number of methoxy groups -OCH3 is 1. The molecular formula is C18H22N2O3S. The van der Waals surface area contributed by atoms with Gasteiger partial charge in [-0.1, -0.05) is 12.1 Å². The third kappa shape index (κ3) is 3.39. The van der Waals surface area contributed by atoms with E-state index < -0.39 is 5.60 Å². The number of carbonyl (C=O) groups excluding carboxylic acids is 1. The minimum atomic E-state index is -1.08. The lowest BCUT2D eigenvalue weighted by Crippen LogP contribution is -2.44. The van der Waals surface area contributed by atoms with E-state index in [0.717, 1.165) is 35.3 Å². The van der Waals surface area contributed by atoms with Gasteiger partial charge in [-0.05, 0) is 59.3 Å². The van der Waals surface area contributed by atoms with Gasteiger partial charge in [-0.15, -0.1) is 0 Å². The van der Waals surface area contributed by atoms with Crippen molar-refractivity contribution in [1.29, 1.82) is 0 Å². The van der Waals surface area contributed by atoms with Crippen molar-refractivity contribution in [2.45, 2.75) is 31.4 Å². The Morgan fingerprint density at radius 3 is 3.00 bits per heavy atom. The molecule has 1 aliphatic carbocycles. The van der Waals surface area contributed by atoms with Crippen LogP contribution < -0.4 is 15.4 Å². The highest BCUT2D eigenvalue weighted by molar-refractivity contribution is 7.08. The Bertz CT molecular complexity index is 713. The van der Waals surface area contributed by atoms with Gasteiger partial charge in [-0.25, -0.2) is 4.79 Å². The van der Waals surface area contributed by atoms with E-state index in [9.17, 15) is 9.90 Å². The van der Waals surface area contributed by atoms with Crippen molar-refractivity contribution < 1.29 is 14.6 Å². The Morgan fingerprint density at radius 2 is 2.29 bits per heavy atom. The maximum atomic E-state index is 12.2. The topological polar surface area (TPSA) is 70.6 Å². The molecule has 0 saturated carbocycles. The molecule has 0 aliphatic heterocycles. The van der Waals surface area contributed by atoms with E-state index in [1.807, 2.05) is 35.0 Å². The van der Waals surface area contributed by atoms with E-state index in [-0.39, 0.29) is 18.6 Å². The van der Waals surface area contributed by atoms with E-state index >= 15 is 0 Å². The van der Waals surface area contributed by atoms with Gasteiger partial charge in [0.05, 0.1) is 19.7 Å². The third-order valence-electron chi connectivity index (χ3n) is 4.49. The summed E-state index contributed by atoms with van der Waals surface area (Å²) < 4.78 is 5.38. The van der Waals surface area contributed by atoms with Crippen molar-refractivity contribution >= 4 is 17.4 Å². The second-order valence-corrected chi connectivity index (χ2v) is 7.01. The van der Waals surface area contributed by atoms with Gasteiger partial charge in [0.25, 0.3) is 0 Å². The molecular weight excluding hydrogens is 324 g/mol. The monoisotopic (exact) mass is 346 g/mol. The molecule has 0 fully saturated rings. The fourth-order valence-electron chi connectivity index (χ4n) is 3.10. The van der Waals surface area contributed by atoms with Crippen molar-refractivity contribution in [3.63, 3.8) is 0 Å². The molecule has 5 nitrogen and oxygen atoms in total. The molecule has 1 heterocycles. The molecule has 2 atom stereocenters. The van der Waals surface area contributed by atoms with Crippen LogP contribution in [0.5, 0.6) is 5.75 Å². The Kier molecular flexibility index (Phi) is 4.78. The molecule has 2 aromatic rings. The predicted molar refractivity (Wildman–Crippen MR) is 94.5 cm³/mol. The van der Waals surface area contributed by atoms with Crippen LogP contribution in [0.1, 0.15) is 36.1 Å². The quantitative estimate of drug-likeness (QED) is 0.779. The lowest BCUT2D eigenvalue weighted by Gasteiger charge is -2.24. The lowest BCUT2D eigenvalue weighted by atomic mass is 9.99. The molecule has 0 radical (unpaired) electrons. The van der Waals surface area contributed by atoms with E-state index in [2.05, 4.69) is 10.6 Å². The summed E-state index contributed by atoms with van der Waals surface area (Å²) in [5.74, 6) is 0.873. The van der Waals surface area contributed by atoms with Crippen LogP contribution in [0.2, 0.25) is 0 Å². The number of nitrogens with one attached hydrogen (secondary N) is 2. The first-order valence-electron chi connectivity index (χ1n) is 7.96. The number of hydrogen-bond acceptors (Lipinski definition) is 4. The van der Waals surface area contributed by atoms with E-state index in [1.165, 1.54) is 11.3 Å². The predicted octanol–water partition coefficient (Wildman–Crippen LogP) is 2.95. The van der Waals surface area contributed by atoms with E-state index in [0.29, 0.717) is 0 Å². The first-order valence-corrected chi connectivity index (χ1v) is 8.91. The average Bonchev–Trinajstić information content (AvgIpc) is 3.23. The summed E-state index contributed by atoms with van der Waals surface area (Å²) >= 11 is 1.52. The van der Waals surface area contributed by atoms with Gasteiger partial charge in [-0.3, -0.25) is 0 Å². The van der Waals surface area contributed by atoms with Crippen molar-refractivity contribution in [1.82, 2.24) is 10.6 Å². The summed E-state index contributed by atoms with van der Waals surface area (Å²) in [5, 5.41) is 20.0. The second kappa shape index (κ2) is 6.83. The maximum absolute atomic E-state index is 12.2. The van der Waals surface area contributed by atoms with Crippen LogP contribution in [-0.2, 0) is 12.0 Å². The molecule has 6 heteroatoms. The highest BCUT2D eigenvalue weighted by atomic mass is 32.1. The zero-order valence-electron chi connectivity index (χ0n) is 13.8. The fraction of sp³-hybridized carbons (Fsp3) is 0.389. The number of carbonyl (C=O) groups is 1. The molecule has 1 aromatic carbocycles. The van der Waals surface area contributed by atoms with Crippen LogP contribution in [0.25, 0.3) is 0 Å². The summed E-state index contributed by atoms with van der Waals surface area (Å²) in [5.41, 5.74) is 2.00. The lowest BCUT2D eigenvalue weighted by molar-refractivity contribution is 0.0597. The highest BCUT2D eigenvalue weighted by Crippen LogP contribution is 2.36. The Balaban J connectivity index is 1.59. The van der Waals surface area contributed by atoms with E-state index in [1.54, 1.807) is 14.0 Å². The zero-order chi connectivity index (χ0) is 17.2. The normalized spacial score (nSPS) is 18.5. The second-order valence-electron chi connectivity index (χ2n) is 6.23. The van der Waals surface area contributed by atoms with Gasteiger partial charge in [0.1, 0.15) is 11.4 Å². The molecule has 0 spiro atoms. The molecule has 2 amide bonds. The number of benzene rings is 1. The van der Waals surface area contributed by atoms with E-state index in [4.69, 9.17) is 4.74 Å². The van der Waals surface area contributed by atoms with Crippen molar-refractivity contribution in [3.05, 3.63) is 51.7 Å². The SMILES string of the molecule is COc1cccc2c1CC[C@H]2NC(=O)NC[C@@](C)(O)c1ccsc1. The molecule has 24 heavy (non-hydrogen) atoms. The largest absolute Gasteiger partial charge is 0.496 e. The molecule has 0 unspecified atom stereocenters. The summed E-state index contributed by atoms with van der Waals surface area (Å²) in [6.45, 7) is 1.86.